The Morgan fingerprint density at radius 1 is 0.976 bits per heavy atom. The third-order valence-electron chi connectivity index (χ3n) is 8.30. The van der Waals surface area contributed by atoms with Crippen LogP contribution < -0.4 is 5.32 Å². The van der Waals surface area contributed by atoms with Crippen molar-refractivity contribution in [2.75, 3.05) is 38.0 Å². The summed E-state index contributed by atoms with van der Waals surface area (Å²) >= 11 is 0. The largest absolute Gasteiger partial charge is 0.358 e. The summed E-state index contributed by atoms with van der Waals surface area (Å²) in [6.07, 6.45) is 5.73. The minimum atomic E-state index is -3.75. The van der Waals surface area contributed by atoms with Crippen LogP contribution in [0.3, 0.4) is 0 Å². The number of carbonyl (C=O) groups excluding carboxylic acids is 2. The molecule has 3 aliphatic rings. The number of benzene rings is 2. The van der Waals surface area contributed by atoms with E-state index in [4.69, 9.17) is 0 Å². The van der Waals surface area contributed by atoms with Crippen LogP contribution in [0.1, 0.15) is 57.7 Å². The van der Waals surface area contributed by atoms with Gasteiger partial charge in [0.05, 0.1) is 21.8 Å². The second-order valence-electron chi connectivity index (χ2n) is 11.1. The van der Waals surface area contributed by atoms with Crippen molar-refractivity contribution in [3.63, 3.8) is 0 Å². The van der Waals surface area contributed by atoms with Crippen molar-refractivity contribution >= 4 is 39.0 Å². The average Bonchev–Trinajstić information content (AvgIpc) is 3.62. The molecule has 6 rings (SSSR count). The van der Waals surface area contributed by atoms with Crippen molar-refractivity contribution in [1.82, 2.24) is 14.8 Å². The van der Waals surface area contributed by atoms with Gasteiger partial charge < -0.3 is 20.1 Å². The second-order valence-corrected chi connectivity index (χ2v) is 13.1. The highest BCUT2D eigenvalue weighted by atomic mass is 32.2. The number of halogens is 1. The maximum atomic E-state index is 13.6. The molecule has 0 atom stereocenters. The monoisotopic (exact) mass is 576 g/mol. The number of aryl methyl sites for hydroxylation is 1. The number of amides is 2. The number of fused-ring (bicyclic) bond motifs is 2. The molecule has 2 amide bonds. The first-order valence-corrected chi connectivity index (χ1v) is 15.7. The molecule has 10 heteroatoms. The predicted molar refractivity (Wildman–Crippen MR) is 156 cm³/mol. The molecule has 0 bridgehead atoms. The molecular formula is C31H33FN4O4S. The topological polar surface area (TPSA) is 103 Å². The van der Waals surface area contributed by atoms with Crippen LogP contribution in [0.25, 0.3) is 11.6 Å². The smallest absolute Gasteiger partial charge is 0.256 e. The molecule has 8 nitrogen and oxygen atoms in total. The fraction of sp³-hybridized carbons (Fsp3) is 0.355. The fourth-order valence-corrected chi connectivity index (χ4v) is 7.39. The van der Waals surface area contributed by atoms with Crippen molar-refractivity contribution in [2.45, 2.75) is 43.3 Å². The zero-order valence-electron chi connectivity index (χ0n) is 23.0. The van der Waals surface area contributed by atoms with Gasteiger partial charge in [0.15, 0.2) is 9.84 Å². The Labute approximate surface area is 239 Å². The molecule has 0 unspecified atom stereocenters. The van der Waals surface area contributed by atoms with Crippen LogP contribution in [0.4, 0.5) is 10.1 Å². The van der Waals surface area contributed by atoms with Crippen LogP contribution in [0, 0.1) is 12.7 Å². The number of nitrogens with one attached hydrogen (secondary N) is 2. The molecule has 41 heavy (non-hydrogen) atoms. The summed E-state index contributed by atoms with van der Waals surface area (Å²) in [7, 11) is -3.75. The number of anilines is 1. The standard InChI is InChI=1S/C31H33FN4O4S/c1-20-28(33-27-5-4-14-36(31(38)29(20)27)16-15-35-12-2-3-13-35)18-25-24-17-23(10-11-26(24)34-30(25)37)41(39,40)19-21-6-8-22(32)9-7-21/h6-11,17-18,33H,2-5,12-16,19H2,1H3,(H,34,37)/b25-18-. The molecule has 1 saturated heterocycles. The molecule has 0 spiro atoms. The number of H-pyrrole nitrogens is 1. The maximum absolute atomic E-state index is 13.6. The number of rotatable bonds is 7. The van der Waals surface area contributed by atoms with Crippen molar-refractivity contribution in [2.24, 2.45) is 0 Å². The van der Waals surface area contributed by atoms with Gasteiger partial charge in [-0.25, -0.2) is 12.8 Å². The van der Waals surface area contributed by atoms with Crippen LogP contribution >= 0.6 is 0 Å². The van der Waals surface area contributed by atoms with E-state index in [1.807, 2.05) is 11.8 Å². The third kappa shape index (κ3) is 5.46. The highest BCUT2D eigenvalue weighted by Gasteiger charge is 2.30. The Hall–Kier alpha value is -3.76. The van der Waals surface area contributed by atoms with Gasteiger partial charge >= 0.3 is 0 Å². The normalized spacial score (nSPS) is 18.5. The van der Waals surface area contributed by atoms with Crippen molar-refractivity contribution in [3.8, 4) is 0 Å². The van der Waals surface area contributed by atoms with E-state index in [0.717, 1.165) is 50.3 Å². The van der Waals surface area contributed by atoms with E-state index >= 15 is 0 Å². The summed E-state index contributed by atoms with van der Waals surface area (Å²) in [5.74, 6) is -1.04. The first kappa shape index (κ1) is 27.4. The number of aromatic nitrogens is 1. The molecule has 214 valence electrons. The summed E-state index contributed by atoms with van der Waals surface area (Å²) in [6.45, 7) is 6.37. The molecule has 2 N–H and O–H groups in total. The van der Waals surface area contributed by atoms with Crippen LogP contribution in [0.15, 0.2) is 47.4 Å². The second kappa shape index (κ2) is 10.9. The molecule has 1 fully saturated rings. The summed E-state index contributed by atoms with van der Waals surface area (Å²) in [5.41, 5.74) is 4.81. The summed E-state index contributed by atoms with van der Waals surface area (Å²) in [5, 5.41) is 2.82. The lowest BCUT2D eigenvalue weighted by Gasteiger charge is -2.24. The minimum Gasteiger partial charge on any atom is -0.358 e. The summed E-state index contributed by atoms with van der Waals surface area (Å²) in [4.78, 5) is 34.4. The third-order valence-corrected chi connectivity index (χ3v) is 9.98. The molecule has 0 radical (unpaired) electrons. The Bertz CT molecular complexity index is 1650. The van der Waals surface area contributed by atoms with Crippen LogP contribution in [0.2, 0.25) is 0 Å². The number of carbonyl (C=O) groups is 2. The van der Waals surface area contributed by atoms with Gasteiger partial charge in [-0.2, -0.15) is 0 Å². The number of hydrogen-bond acceptors (Lipinski definition) is 5. The van der Waals surface area contributed by atoms with Gasteiger partial charge in [0.25, 0.3) is 11.8 Å². The van der Waals surface area contributed by atoms with Gasteiger partial charge in [0.1, 0.15) is 5.82 Å². The number of sulfone groups is 1. The van der Waals surface area contributed by atoms with E-state index in [1.165, 1.54) is 49.2 Å². The molecule has 0 saturated carbocycles. The minimum absolute atomic E-state index is 0.0144. The lowest BCUT2D eigenvalue weighted by molar-refractivity contribution is -0.110. The lowest BCUT2D eigenvalue weighted by Crippen LogP contribution is -2.38. The van der Waals surface area contributed by atoms with Gasteiger partial charge in [-0.1, -0.05) is 12.1 Å². The fourth-order valence-electron chi connectivity index (χ4n) is 6.02. The zero-order valence-corrected chi connectivity index (χ0v) is 23.8. The number of hydrogen-bond donors (Lipinski definition) is 2. The SMILES string of the molecule is Cc1c(/C=C2\C(=O)Nc3ccc(S(=O)(=O)Cc4ccc(F)cc4)cc32)[nH]c2c1C(=O)N(CCN1CCCC1)CCC2. The molecule has 3 aromatic rings. The number of likely N-dealkylation sites (tertiary alicyclic amines) is 1. The Morgan fingerprint density at radius 2 is 1.73 bits per heavy atom. The predicted octanol–water partition coefficient (Wildman–Crippen LogP) is 4.41. The van der Waals surface area contributed by atoms with Gasteiger partial charge in [-0.05, 0) is 93.2 Å². The van der Waals surface area contributed by atoms with Gasteiger partial charge in [0.2, 0.25) is 0 Å². The molecule has 4 heterocycles. The molecule has 2 aromatic carbocycles. The average molecular weight is 577 g/mol. The van der Waals surface area contributed by atoms with Gasteiger partial charge in [-0.3, -0.25) is 9.59 Å². The number of aromatic amines is 1. The summed E-state index contributed by atoms with van der Waals surface area (Å²) in [6, 6.07) is 9.92. The van der Waals surface area contributed by atoms with E-state index in [1.54, 1.807) is 12.1 Å². The lowest BCUT2D eigenvalue weighted by atomic mass is 10.0. The van der Waals surface area contributed by atoms with Crippen LogP contribution in [-0.2, 0) is 26.8 Å². The molecule has 3 aliphatic heterocycles. The van der Waals surface area contributed by atoms with E-state index < -0.39 is 15.7 Å². The molecule has 0 aliphatic carbocycles. The van der Waals surface area contributed by atoms with Gasteiger partial charge in [-0.15, -0.1) is 0 Å². The summed E-state index contributed by atoms with van der Waals surface area (Å²) < 4.78 is 39.7. The first-order valence-electron chi connectivity index (χ1n) is 14.1. The quantitative estimate of drug-likeness (QED) is 0.406. The Kier molecular flexibility index (Phi) is 7.29. The van der Waals surface area contributed by atoms with Crippen LogP contribution in [0.5, 0.6) is 0 Å². The zero-order chi connectivity index (χ0) is 28.7. The Balaban J connectivity index is 1.28. The molecule has 1 aromatic heterocycles. The van der Waals surface area contributed by atoms with Crippen molar-refractivity contribution < 1.29 is 22.4 Å². The van der Waals surface area contributed by atoms with E-state index in [-0.39, 0.29) is 22.5 Å². The van der Waals surface area contributed by atoms with Crippen LogP contribution in [-0.4, -0.2) is 67.7 Å². The maximum Gasteiger partial charge on any atom is 0.256 e. The van der Waals surface area contributed by atoms with E-state index in [2.05, 4.69) is 15.2 Å². The van der Waals surface area contributed by atoms with E-state index in [0.29, 0.717) is 40.2 Å². The first-order chi connectivity index (χ1) is 19.7. The highest BCUT2D eigenvalue weighted by Crippen LogP contribution is 2.36. The van der Waals surface area contributed by atoms with E-state index in [9.17, 15) is 22.4 Å². The van der Waals surface area contributed by atoms with Gasteiger partial charge in [0, 0.05) is 42.3 Å². The molecular weight excluding hydrogens is 543 g/mol. The van der Waals surface area contributed by atoms with Crippen molar-refractivity contribution in [1.29, 1.82) is 0 Å². The Morgan fingerprint density at radius 3 is 2.49 bits per heavy atom. The highest BCUT2D eigenvalue weighted by molar-refractivity contribution is 7.90. The van der Waals surface area contributed by atoms with Crippen molar-refractivity contribution in [3.05, 3.63) is 81.9 Å². The number of nitrogens with zero attached hydrogens (tertiary/aromatic N) is 2.